The number of aliphatic imine (C=N–C) groups is 1. The van der Waals surface area contributed by atoms with Crippen LogP contribution in [0.25, 0.3) is 0 Å². The summed E-state index contributed by atoms with van der Waals surface area (Å²) in [5, 5.41) is 16.5. The normalized spacial score (nSPS) is 15.9. The van der Waals surface area contributed by atoms with Crippen LogP contribution in [0.4, 0.5) is 0 Å². The number of rotatable bonds is 8. The molecule has 1 aromatic heterocycles. The molecular weight excluding hydrogens is 467 g/mol. The van der Waals surface area contributed by atoms with Gasteiger partial charge >= 0.3 is 0 Å². The molecule has 6 nitrogen and oxygen atoms in total. The van der Waals surface area contributed by atoms with Gasteiger partial charge in [-0.05, 0) is 56.1 Å². The first-order valence-corrected chi connectivity index (χ1v) is 9.78. The van der Waals surface area contributed by atoms with Crippen LogP contribution < -0.4 is 10.6 Å². The lowest BCUT2D eigenvalue weighted by atomic mass is 10.1. The van der Waals surface area contributed by atoms with Crippen molar-refractivity contribution in [2.45, 2.75) is 39.0 Å². The minimum absolute atomic E-state index is 0. The number of hydrogen-bond acceptors (Lipinski definition) is 4. The molecule has 0 saturated carbocycles. The fourth-order valence-corrected chi connectivity index (χ4v) is 3.24. The third kappa shape index (κ3) is 7.10. The van der Waals surface area contributed by atoms with E-state index in [1.54, 1.807) is 18.4 Å². The number of halogens is 1. The van der Waals surface area contributed by atoms with Crippen molar-refractivity contribution in [1.82, 2.24) is 15.5 Å². The molecule has 0 radical (unpaired) electrons. The molecule has 3 rings (SSSR count). The zero-order chi connectivity index (χ0) is 18.9. The Morgan fingerprint density at radius 2 is 1.86 bits per heavy atom. The van der Waals surface area contributed by atoms with Crippen LogP contribution in [0.3, 0.4) is 0 Å². The van der Waals surface area contributed by atoms with Crippen LogP contribution in [0, 0.1) is 0 Å². The van der Waals surface area contributed by atoms with Gasteiger partial charge in [0, 0.05) is 13.1 Å². The van der Waals surface area contributed by atoms with Gasteiger partial charge in [-0.1, -0.05) is 24.3 Å². The van der Waals surface area contributed by atoms with Crippen molar-refractivity contribution in [1.29, 1.82) is 0 Å². The maximum Gasteiger partial charge on any atom is 0.191 e. The largest absolute Gasteiger partial charge is 0.467 e. The molecule has 1 fully saturated rings. The average Bonchev–Trinajstić information content (AvgIpc) is 3.39. The van der Waals surface area contributed by atoms with E-state index >= 15 is 0 Å². The Hall–Kier alpha value is -1.58. The van der Waals surface area contributed by atoms with Gasteiger partial charge in [0.2, 0.25) is 0 Å². The molecule has 0 bridgehead atoms. The molecule has 3 N–H and O–H groups in total. The maximum absolute atomic E-state index is 10.1. The van der Waals surface area contributed by atoms with Gasteiger partial charge in [-0.2, -0.15) is 0 Å². The molecule has 1 unspecified atom stereocenters. The topological polar surface area (TPSA) is 73.0 Å². The Bertz CT molecular complexity index is 698. The molecule has 1 aromatic carbocycles. The Morgan fingerprint density at radius 1 is 1.14 bits per heavy atom. The van der Waals surface area contributed by atoms with E-state index in [1.165, 1.54) is 37.1 Å². The average molecular weight is 498 g/mol. The molecule has 1 atom stereocenters. The monoisotopic (exact) mass is 498 g/mol. The van der Waals surface area contributed by atoms with Gasteiger partial charge in [0.1, 0.15) is 11.9 Å². The predicted octanol–water partition coefficient (Wildman–Crippen LogP) is 3.28. The number of hydrogen-bond donors (Lipinski definition) is 3. The van der Waals surface area contributed by atoms with Gasteiger partial charge in [0.15, 0.2) is 5.96 Å². The van der Waals surface area contributed by atoms with E-state index in [1.807, 2.05) is 6.92 Å². The number of benzene rings is 1. The van der Waals surface area contributed by atoms with Gasteiger partial charge in [-0.15, -0.1) is 24.0 Å². The van der Waals surface area contributed by atoms with Crippen LogP contribution in [0.1, 0.15) is 42.8 Å². The van der Waals surface area contributed by atoms with E-state index in [4.69, 9.17) is 4.42 Å². The summed E-state index contributed by atoms with van der Waals surface area (Å²) in [6.07, 6.45) is 3.50. The number of likely N-dealkylation sites (tertiary alicyclic amines) is 1. The highest BCUT2D eigenvalue weighted by atomic mass is 127. The zero-order valence-corrected chi connectivity index (χ0v) is 18.8. The van der Waals surface area contributed by atoms with Gasteiger partial charge in [-0.25, -0.2) is 4.99 Å². The highest BCUT2D eigenvalue weighted by Gasteiger charge is 2.12. The minimum Gasteiger partial charge on any atom is -0.467 e. The molecule has 1 aliphatic heterocycles. The quantitative estimate of drug-likeness (QED) is 0.296. The first-order chi connectivity index (χ1) is 13.2. The van der Waals surface area contributed by atoms with E-state index in [9.17, 15) is 5.11 Å². The lowest BCUT2D eigenvalue weighted by Crippen LogP contribution is -2.39. The van der Waals surface area contributed by atoms with Crippen LogP contribution in [-0.2, 0) is 13.1 Å². The van der Waals surface area contributed by atoms with Crippen LogP contribution >= 0.6 is 24.0 Å². The van der Waals surface area contributed by atoms with Gasteiger partial charge in [0.25, 0.3) is 0 Å². The smallest absolute Gasteiger partial charge is 0.191 e. The molecule has 154 valence electrons. The second kappa shape index (κ2) is 12.1. The zero-order valence-electron chi connectivity index (χ0n) is 16.4. The highest BCUT2D eigenvalue weighted by Crippen LogP contribution is 2.14. The second-order valence-corrected chi connectivity index (χ2v) is 6.91. The van der Waals surface area contributed by atoms with Crippen molar-refractivity contribution in [3.8, 4) is 0 Å². The second-order valence-electron chi connectivity index (χ2n) is 6.91. The van der Waals surface area contributed by atoms with Gasteiger partial charge < -0.3 is 20.2 Å². The van der Waals surface area contributed by atoms with Crippen molar-refractivity contribution < 1.29 is 9.52 Å². The van der Waals surface area contributed by atoms with Crippen molar-refractivity contribution in [2.75, 3.05) is 26.2 Å². The number of aliphatic hydroxyl groups excluding tert-OH is 1. The minimum atomic E-state index is -0.700. The summed E-state index contributed by atoms with van der Waals surface area (Å²) in [7, 11) is 0. The molecule has 2 aromatic rings. The van der Waals surface area contributed by atoms with Crippen molar-refractivity contribution in [2.24, 2.45) is 4.99 Å². The summed E-state index contributed by atoms with van der Waals surface area (Å²) >= 11 is 0. The van der Waals surface area contributed by atoms with Crippen LogP contribution in [0.5, 0.6) is 0 Å². The summed E-state index contributed by atoms with van der Waals surface area (Å²) in [4.78, 5) is 7.12. The number of nitrogens with zero attached hydrogens (tertiary/aromatic N) is 2. The highest BCUT2D eigenvalue weighted by molar-refractivity contribution is 14.0. The Labute approximate surface area is 184 Å². The Balaban J connectivity index is 0.00000280. The molecule has 28 heavy (non-hydrogen) atoms. The van der Waals surface area contributed by atoms with E-state index in [0.717, 1.165) is 13.1 Å². The predicted molar refractivity (Wildman–Crippen MR) is 123 cm³/mol. The van der Waals surface area contributed by atoms with E-state index in [0.29, 0.717) is 24.8 Å². The molecule has 0 aliphatic carbocycles. The van der Waals surface area contributed by atoms with Crippen LogP contribution in [-0.4, -0.2) is 42.1 Å². The molecule has 1 saturated heterocycles. The summed E-state index contributed by atoms with van der Waals surface area (Å²) in [6.45, 7) is 7.19. The number of furan rings is 1. The lowest BCUT2D eigenvalue weighted by Gasteiger charge is -2.15. The Kier molecular flexibility index (Phi) is 9.80. The molecular formula is C21H31IN4O2. The molecule has 7 heteroatoms. The fraction of sp³-hybridized carbons (Fsp3) is 0.476. The first-order valence-electron chi connectivity index (χ1n) is 9.78. The van der Waals surface area contributed by atoms with E-state index in [-0.39, 0.29) is 24.0 Å². The van der Waals surface area contributed by atoms with Gasteiger partial charge in [0.05, 0.1) is 19.4 Å². The SMILES string of the molecule is CCNC(=NCc1ccc(CN2CCCC2)cc1)NCC(O)c1ccco1.I. The van der Waals surface area contributed by atoms with E-state index < -0.39 is 6.10 Å². The molecule has 2 heterocycles. The standard InChI is InChI=1S/C21H30N4O2.HI/c1-2-22-21(24-15-19(26)20-6-5-13-27-20)23-14-17-7-9-18(10-8-17)16-25-11-3-4-12-25;/h5-10,13,19,26H,2-4,11-12,14-16H2,1H3,(H2,22,23,24);1H. The number of nitrogens with one attached hydrogen (secondary N) is 2. The third-order valence-electron chi connectivity index (χ3n) is 4.73. The summed E-state index contributed by atoms with van der Waals surface area (Å²) in [5.41, 5.74) is 2.53. The molecule has 0 spiro atoms. The summed E-state index contributed by atoms with van der Waals surface area (Å²) < 4.78 is 5.22. The number of guanidine groups is 1. The van der Waals surface area contributed by atoms with Crippen molar-refractivity contribution >= 4 is 29.9 Å². The molecule has 1 aliphatic rings. The number of aliphatic hydroxyl groups is 1. The van der Waals surface area contributed by atoms with Crippen LogP contribution in [0.15, 0.2) is 52.1 Å². The third-order valence-corrected chi connectivity index (χ3v) is 4.73. The first kappa shape index (κ1) is 22.7. The lowest BCUT2D eigenvalue weighted by molar-refractivity contribution is 0.153. The van der Waals surface area contributed by atoms with Crippen molar-refractivity contribution in [3.05, 3.63) is 59.5 Å². The molecule has 0 amide bonds. The summed E-state index contributed by atoms with van der Waals surface area (Å²) in [6, 6.07) is 12.2. The Morgan fingerprint density at radius 3 is 2.50 bits per heavy atom. The van der Waals surface area contributed by atoms with Crippen LogP contribution in [0.2, 0.25) is 0 Å². The van der Waals surface area contributed by atoms with Crippen molar-refractivity contribution in [3.63, 3.8) is 0 Å². The fourth-order valence-electron chi connectivity index (χ4n) is 3.24. The van der Waals surface area contributed by atoms with E-state index in [2.05, 4.69) is 44.8 Å². The summed E-state index contributed by atoms with van der Waals surface area (Å²) in [5.74, 6) is 1.23. The maximum atomic E-state index is 10.1. The van der Waals surface area contributed by atoms with Gasteiger partial charge in [-0.3, -0.25) is 4.90 Å².